The molecule has 1 heteroatoms. The monoisotopic (exact) mass is 110 g/mol. The van der Waals surface area contributed by atoms with E-state index in [0.29, 0.717) is 0 Å². The summed E-state index contributed by atoms with van der Waals surface area (Å²) in [6, 6.07) is 0. The Morgan fingerprint density at radius 1 is 1.75 bits per heavy atom. The van der Waals surface area contributed by atoms with Crippen LogP contribution in [0.15, 0.2) is 24.8 Å². The fourth-order valence-electron chi connectivity index (χ4n) is 0.896. The highest BCUT2D eigenvalue weighted by atomic mass is 16.3. The molecule has 1 N–H and O–H groups in total. The fraction of sp³-hybridized carbons (Fsp3) is 0.429. The van der Waals surface area contributed by atoms with Crippen molar-refractivity contribution in [2.75, 3.05) is 0 Å². The first-order chi connectivity index (χ1) is 3.84. The third-order valence-electron chi connectivity index (χ3n) is 1.45. The van der Waals surface area contributed by atoms with Gasteiger partial charge in [-0.25, -0.2) is 0 Å². The van der Waals surface area contributed by atoms with Crippen LogP contribution in [0.3, 0.4) is 0 Å². The van der Waals surface area contributed by atoms with Gasteiger partial charge in [-0.2, -0.15) is 0 Å². The Bertz CT molecular complexity index is 116. The van der Waals surface area contributed by atoms with Gasteiger partial charge in [0, 0.05) is 5.92 Å². The summed E-state index contributed by atoms with van der Waals surface area (Å²) < 4.78 is 0. The van der Waals surface area contributed by atoms with E-state index in [1.165, 1.54) is 0 Å². The van der Waals surface area contributed by atoms with Crippen molar-refractivity contribution in [1.29, 1.82) is 0 Å². The topological polar surface area (TPSA) is 20.2 Å². The molecular formula is C7H10O. The second-order valence-corrected chi connectivity index (χ2v) is 2.04. The molecule has 0 bridgehead atoms. The highest BCUT2D eigenvalue weighted by Gasteiger charge is 2.15. The van der Waals surface area contributed by atoms with Crippen LogP contribution < -0.4 is 0 Å². The van der Waals surface area contributed by atoms with Gasteiger partial charge in [-0.15, -0.1) is 6.58 Å². The van der Waals surface area contributed by atoms with E-state index in [1.807, 2.05) is 12.2 Å². The van der Waals surface area contributed by atoms with Crippen molar-refractivity contribution >= 4 is 0 Å². The first-order valence-corrected chi connectivity index (χ1v) is 2.82. The Hall–Kier alpha value is -0.560. The number of rotatable bonds is 1. The van der Waals surface area contributed by atoms with E-state index < -0.39 is 0 Å². The van der Waals surface area contributed by atoms with Gasteiger partial charge in [-0.3, -0.25) is 0 Å². The molecule has 0 heterocycles. The molecule has 1 nitrogen and oxygen atoms in total. The predicted molar refractivity (Wildman–Crippen MR) is 33.5 cm³/mol. The highest BCUT2D eigenvalue weighted by Crippen LogP contribution is 2.17. The van der Waals surface area contributed by atoms with Gasteiger partial charge in [0.2, 0.25) is 0 Å². The smallest absolute Gasteiger partial charge is 0.0671 e. The maximum absolute atomic E-state index is 9.06. The second-order valence-electron chi connectivity index (χ2n) is 2.04. The standard InChI is InChI=1S/C7H10O/c1-2-6-4-3-5-7(6)8/h2-4,6-8H,1,5H2. The molecule has 0 saturated heterocycles. The molecule has 0 radical (unpaired) electrons. The first kappa shape index (κ1) is 5.57. The summed E-state index contributed by atoms with van der Waals surface area (Å²) in [5.41, 5.74) is 0. The van der Waals surface area contributed by atoms with Gasteiger partial charge >= 0.3 is 0 Å². The van der Waals surface area contributed by atoms with Gasteiger partial charge < -0.3 is 5.11 Å². The molecule has 0 aliphatic heterocycles. The van der Waals surface area contributed by atoms with Crippen LogP contribution in [-0.4, -0.2) is 11.2 Å². The Kier molecular flexibility index (Phi) is 1.49. The van der Waals surface area contributed by atoms with E-state index in [1.54, 1.807) is 6.08 Å². The Balaban J connectivity index is 2.52. The number of aliphatic hydroxyl groups excluding tert-OH is 1. The average Bonchev–Trinajstić information content (AvgIpc) is 2.14. The molecule has 0 saturated carbocycles. The van der Waals surface area contributed by atoms with E-state index in [0.717, 1.165) is 6.42 Å². The SMILES string of the molecule is C=CC1C=CCC1O. The lowest BCUT2D eigenvalue weighted by Crippen LogP contribution is -2.09. The van der Waals surface area contributed by atoms with Crippen LogP contribution in [0.25, 0.3) is 0 Å². The summed E-state index contributed by atoms with van der Waals surface area (Å²) in [7, 11) is 0. The molecule has 0 spiro atoms. The lowest BCUT2D eigenvalue weighted by atomic mass is 10.1. The van der Waals surface area contributed by atoms with Crippen LogP contribution in [0.1, 0.15) is 6.42 Å². The third-order valence-corrected chi connectivity index (χ3v) is 1.45. The molecule has 8 heavy (non-hydrogen) atoms. The fourth-order valence-corrected chi connectivity index (χ4v) is 0.896. The van der Waals surface area contributed by atoms with Crippen molar-refractivity contribution in [2.45, 2.75) is 12.5 Å². The number of hydrogen-bond donors (Lipinski definition) is 1. The van der Waals surface area contributed by atoms with Gasteiger partial charge in [0.15, 0.2) is 0 Å². The molecule has 44 valence electrons. The average molecular weight is 110 g/mol. The Morgan fingerprint density at radius 3 is 2.75 bits per heavy atom. The molecule has 0 amide bonds. The van der Waals surface area contributed by atoms with Crippen molar-refractivity contribution in [3.63, 3.8) is 0 Å². The largest absolute Gasteiger partial charge is 0.392 e. The minimum Gasteiger partial charge on any atom is -0.392 e. The quantitative estimate of drug-likeness (QED) is 0.501. The molecule has 0 aromatic rings. The van der Waals surface area contributed by atoms with E-state index in [4.69, 9.17) is 5.11 Å². The van der Waals surface area contributed by atoms with Gasteiger partial charge in [0.05, 0.1) is 6.10 Å². The van der Waals surface area contributed by atoms with E-state index in [-0.39, 0.29) is 12.0 Å². The Labute approximate surface area is 49.3 Å². The summed E-state index contributed by atoms with van der Waals surface area (Å²) in [6.07, 6.45) is 6.33. The summed E-state index contributed by atoms with van der Waals surface area (Å²) in [4.78, 5) is 0. The number of aliphatic hydroxyl groups is 1. The number of hydrogen-bond acceptors (Lipinski definition) is 1. The highest BCUT2D eigenvalue weighted by molar-refractivity contribution is 5.08. The molecule has 1 aliphatic rings. The first-order valence-electron chi connectivity index (χ1n) is 2.82. The van der Waals surface area contributed by atoms with Crippen LogP contribution in [-0.2, 0) is 0 Å². The summed E-state index contributed by atoms with van der Waals surface area (Å²) >= 11 is 0. The Morgan fingerprint density at radius 2 is 2.50 bits per heavy atom. The maximum Gasteiger partial charge on any atom is 0.0671 e. The van der Waals surface area contributed by atoms with Gasteiger partial charge in [-0.1, -0.05) is 18.2 Å². The van der Waals surface area contributed by atoms with Gasteiger partial charge in [-0.05, 0) is 6.42 Å². The van der Waals surface area contributed by atoms with Crippen molar-refractivity contribution in [3.05, 3.63) is 24.8 Å². The van der Waals surface area contributed by atoms with E-state index in [2.05, 4.69) is 6.58 Å². The minimum absolute atomic E-state index is 0.201. The molecule has 2 unspecified atom stereocenters. The lowest BCUT2D eigenvalue weighted by molar-refractivity contribution is 0.162. The normalized spacial score (nSPS) is 35.6. The van der Waals surface area contributed by atoms with Gasteiger partial charge in [0.1, 0.15) is 0 Å². The maximum atomic E-state index is 9.06. The molecule has 0 fully saturated rings. The molecular weight excluding hydrogens is 100 g/mol. The summed E-state index contributed by atoms with van der Waals surface area (Å²) in [5.74, 6) is 0.204. The van der Waals surface area contributed by atoms with Crippen molar-refractivity contribution in [3.8, 4) is 0 Å². The van der Waals surface area contributed by atoms with Crippen LogP contribution >= 0.6 is 0 Å². The summed E-state index contributed by atoms with van der Waals surface area (Å²) in [5, 5.41) is 9.06. The predicted octanol–water partition coefficient (Wildman–Crippen LogP) is 1.11. The van der Waals surface area contributed by atoms with Crippen LogP contribution in [0.4, 0.5) is 0 Å². The minimum atomic E-state index is -0.201. The zero-order chi connectivity index (χ0) is 5.98. The lowest BCUT2D eigenvalue weighted by Gasteiger charge is -2.05. The van der Waals surface area contributed by atoms with Crippen molar-refractivity contribution in [1.82, 2.24) is 0 Å². The van der Waals surface area contributed by atoms with Gasteiger partial charge in [0.25, 0.3) is 0 Å². The van der Waals surface area contributed by atoms with Crippen molar-refractivity contribution in [2.24, 2.45) is 5.92 Å². The molecule has 0 aromatic carbocycles. The molecule has 2 atom stereocenters. The zero-order valence-corrected chi connectivity index (χ0v) is 4.75. The van der Waals surface area contributed by atoms with Crippen LogP contribution in [0.5, 0.6) is 0 Å². The molecule has 1 rings (SSSR count). The van der Waals surface area contributed by atoms with Crippen molar-refractivity contribution < 1.29 is 5.11 Å². The third kappa shape index (κ3) is 0.819. The molecule has 1 aliphatic carbocycles. The second kappa shape index (κ2) is 2.14. The van der Waals surface area contributed by atoms with Crippen LogP contribution in [0.2, 0.25) is 0 Å². The van der Waals surface area contributed by atoms with E-state index >= 15 is 0 Å². The van der Waals surface area contributed by atoms with E-state index in [9.17, 15) is 0 Å². The van der Waals surface area contributed by atoms with Crippen LogP contribution in [0, 0.1) is 5.92 Å². The zero-order valence-electron chi connectivity index (χ0n) is 4.75. The molecule has 0 aromatic heterocycles. The summed E-state index contributed by atoms with van der Waals surface area (Å²) in [6.45, 7) is 3.58.